The molecular formula is C12H23N3O3Si. The van der Waals surface area contributed by atoms with Gasteiger partial charge in [-0.2, -0.15) is 5.10 Å². The number of hydrogen-bond acceptors (Lipinski definition) is 4. The van der Waals surface area contributed by atoms with Crippen LogP contribution in [0.4, 0.5) is 0 Å². The Bertz CT molecular complexity index is 415. The highest BCUT2D eigenvalue weighted by atomic mass is 28.3. The molecule has 1 aromatic heterocycles. The van der Waals surface area contributed by atoms with Gasteiger partial charge in [-0.3, -0.25) is 9.63 Å². The molecule has 19 heavy (non-hydrogen) atoms. The fourth-order valence-corrected chi connectivity index (χ4v) is 2.10. The third-order valence-corrected chi connectivity index (χ3v) is 4.36. The van der Waals surface area contributed by atoms with Gasteiger partial charge in [-0.05, 0) is 6.04 Å². The van der Waals surface area contributed by atoms with Crippen molar-refractivity contribution in [1.29, 1.82) is 0 Å². The van der Waals surface area contributed by atoms with Gasteiger partial charge in [0.25, 0.3) is 5.91 Å². The molecule has 1 amide bonds. The minimum absolute atomic E-state index is 0.226. The predicted molar refractivity (Wildman–Crippen MR) is 75.4 cm³/mol. The van der Waals surface area contributed by atoms with E-state index in [2.05, 4.69) is 24.7 Å². The van der Waals surface area contributed by atoms with Gasteiger partial charge in [-0.25, -0.2) is 9.75 Å². The molecular weight excluding hydrogens is 262 g/mol. The van der Waals surface area contributed by atoms with Gasteiger partial charge >= 0.3 is 0 Å². The summed E-state index contributed by atoms with van der Waals surface area (Å²) in [6.07, 6.45) is 3.17. The largest absolute Gasteiger partial charge is 0.360 e. The summed E-state index contributed by atoms with van der Waals surface area (Å²) in [5.74, 6) is -0.226. The molecule has 0 saturated carbocycles. The average molecular weight is 285 g/mol. The first-order chi connectivity index (χ1) is 8.83. The van der Waals surface area contributed by atoms with Crippen molar-refractivity contribution in [2.45, 2.75) is 32.4 Å². The highest BCUT2D eigenvalue weighted by molar-refractivity contribution is 6.76. The Morgan fingerprint density at radius 3 is 2.74 bits per heavy atom. The monoisotopic (exact) mass is 285 g/mol. The summed E-state index contributed by atoms with van der Waals surface area (Å²) >= 11 is 0. The Morgan fingerprint density at radius 2 is 2.16 bits per heavy atom. The number of amides is 1. The van der Waals surface area contributed by atoms with Crippen LogP contribution >= 0.6 is 0 Å². The van der Waals surface area contributed by atoms with Crippen molar-refractivity contribution in [2.24, 2.45) is 0 Å². The summed E-state index contributed by atoms with van der Waals surface area (Å²) in [5.41, 5.74) is 0.484. The lowest BCUT2D eigenvalue weighted by Crippen LogP contribution is -2.25. The zero-order valence-electron chi connectivity index (χ0n) is 12.3. The fraction of sp³-hybridized carbons (Fsp3) is 0.667. The van der Waals surface area contributed by atoms with Gasteiger partial charge in [-0.1, -0.05) is 19.6 Å². The Labute approximate surface area is 115 Å². The summed E-state index contributed by atoms with van der Waals surface area (Å²) in [4.78, 5) is 16.6. The molecule has 0 atom stereocenters. The summed E-state index contributed by atoms with van der Waals surface area (Å²) in [7, 11) is 1.95. The Balaban J connectivity index is 2.41. The standard InChI is InChI=1S/C12H23N3O3Si/c1-14(17-2)12(16)11-8-13-15(9-11)10-18-6-7-19(3,4)5/h8-9H,6-7,10H2,1-5H3. The number of nitrogens with zero attached hydrogens (tertiary/aromatic N) is 3. The van der Waals surface area contributed by atoms with Gasteiger partial charge in [0.15, 0.2) is 0 Å². The van der Waals surface area contributed by atoms with Crippen LogP contribution in [0.15, 0.2) is 12.4 Å². The number of carbonyl (C=O) groups is 1. The summed E-state index contributed by atoms with van der Waals surface area (Å²) in [6.45, 7) is 8.02. The van der Waals surface area contributed by atoms with E-state index in [9.17, 15) is 4.79 Å². The molecule has 0 N–H and O–H groups in total. The van der Waals surface area contributed by atoms with Crippen molar-refractivity contribution in [3.05, 3.63) is 18.0 Å². The van der Waals surface area contributed by atoms with E-state index in [-0.39, 0.29) is 5.91 Å². The first kappa shape index (κ1) is 15.9. The van der Waals surface area contributed by atoms with Gasteiger partial charge in [0.2, 0.25) is 0 Å². The van der Waals surface area contributed by atoms with Crippen molar-refractivity contribution >= 4 is 14.0 Å². The maximum atomic E-state index is 11.8. The van der Waals surface area contributed by atoms with Crippen LogP contribution in [0.3, 0.4) is 0 Å². The van der Waals surface area contributed by atoms with E-state index in [0.717, 1.165) is 17.7 Å². The third kappa shape index (κ3) is 5.54. The molecule has 1 rings (SSSR count). The molecule has 0 spiro atoms. The third-order valence-electron chi connectivity index (χ3n) is 2.66. The fourth-order valence-electron chi connectivity index (χ4n) is 1.35. The molecule has 1 aromatic rings. The second-order valence-electron chi connectivity index (χ2n) is 5.60. The van der Waals surface area contributed by atoms with E-state index in [4.69, 9.17) is 9.57 Å². The molecule has 0 aliphatic rings. The minimum Gasteiger partial charge on any atom is -0.360 e. The summed E-state index contributed by atoms with van der Waals surface area (Å²) in [6, 6.07) is 1.12. The second kappa shape index (κ2) is 6.83. The van der Waals surface area contributed by atoms with Crippen LogP contribution in [0.1, 0.15) is 10.4 Å². The smallest absolute Gasteiger partial charge is 0.280 e. The molecule has 0 radical (unpaired) electrons. The number of hydrogen-bond donors (Lipinski definition) is 0. The van der Waals surface area contributed by atoms with Crippen LogP contribution in [-0.2, 0) is 16.3 Å². The van der Waals surface area contributed by atoms with Gasteiger partial charge in [0, 0.05) is 27.9 Å². The van der Waals surface area contributed by atoms with Gasteiger partial charge in [0.1, 0.15) is 6.73 Å². The van der Waals surface area contributed by atoms with Gasteiger partial charge in [-0.15, -0.1) is 0 Å². The van der Waals surface area contributed by atoms with Crippen molar-refractivity contribution in [1.82, 2.24) is 14.8 Å². The van der Waals surface area contributed by atoms with Crippen LogP contribution in [0.25, 0.3) is 0 Å². The molecule has 1 heterocycles. The van der Waals surface area contributed by atoms with E-state index in [1.807, 2.05) is 0 Å². The maximum absolute atomic E-state index is 11.8. The van der Waals surface area contributed by atoms with E-state index in [1.54, 1.807) is 17.9 Å². The molecule has 0 saturated heterocycles. The molecule has 0 unspecified atom stereocenters. The Morgan fingerprint density at radius 1 is 1.47 bits per heavy atom. The zero-order valence-corrected chi connectivity index (χ0v) is 13.3. The lowest BCUT2D eigenvalue weighted by atomic mass is 10.3. The van der Waals surface area contributed by atoms with E-state index in [1.165, 1.54) is 13.3 Å². The van der Waals surface area contributed by atoms with Crippen molar-refractivity contribution in [2.75, 3.05) is 20.8 Å². The van der Waals surface area contributed by atoms with E-state index in [0.29, 0.717) is 12.3 Å². The summed E-state index contributed by atoms with van der Waals surface area (Å²) < 4.78 is 7.17. The quantitative estimate of drug-likeness (QED) is 0.436. The lowest BCUT2D eigenvalue weighted by Gasteiger charge is -2.15. The topological polar surface area (TPSA) is 56.6 Å². The highest BCUT2D eigenvalue weighted by Gasteiger charge is 2.14. The van der Waals surface area contributed by atoms with Crippen molar-refractivity contribution < 1.29 is 14.4 Å². The maximum Gasteiger partial charge on any atom is 0.280 e. The number of rotatable bonds is 7. The number of carbonyl (C=O) groups excluding carboxylic acids is 1. The number of ether oxygens (including phenoxy) is 1. The Kier molecular flexibility index (Phi) is 5.71. The molecule has 108 valence electrons. The highest BCUT2D eigenvalue weighted by Crippen LogP contribution is 2.08. The van der Waals surface area contributed by atoms with Crippen LogP contribution in [0.2, 0.25) is 25.7 Å². The number of aromatic nitrogens is 2. The van der Waals surface area contributed by atoms with E-state index < -0.39 is 8.07 Å². The zero-order chi connectivity index (χ0) is 14.5. The normalized spacial score (nSPS) is 11.6. The molecule has 0 aromatic carbocycles. The van der Waals surface area contributed by atoms with Gasteiger partial charge in [0.05, 0.1) is 18.9 Å². The van der Waals surface area contributed by atoms with Gasteiger partial charge < -0.3 is 4.74 Å². The van der Waals surface area contributed by atoms with Crippen molar-refractivity contribution in [3.63, 3.8) is 0 Å². The summed E-state index contributed by atoms with van der Waals surface area (Å²) in [5, 5.41) is 5.25. The Hall–Kier alpha value is -1.18. The first-order valence-corrected chi connectivity index (χ1v) is 9.96. The molecule has 0 bridgehead atoms. The molecule has 0 fully saturated rings. The van der Waals surface area contributed by atoms with Crippen LogP contribution in [0.5, 0.6) is 0 Å². The molecule has 7 heteroatoms. The first-order valence-electron chi connectivity index (χ1n) is 6.26. The van der Waals surface area contributed by atoms with Crippen LogP contribution in [-0.4, -0.2) is 49.6 Å². The van der Waals surface area contributed by atoms with E-state index >= 15 is 0 Å². The SMILES string of the molecule is CON(C)C(=O)c1cnn(COCC[Si](C)(C)C)c1. The lowest BCUT2D eigenvalue weighted by molar-refractivity contribution is -0.0757. The predicted octanol–water partition coefficient (Wildman–Crippen LogP) is 1.83. The molecule has 0 aliphatic carbocycles. The van der Waals surface area contributed by atoms with Crippen molar-refractivity contribution in [3.8, 4) is 0 Å². The number of hydroxylamine groups is 2. The second-order valence-corrected chi connectivity index (χ2v) is 11.2. The van der Waals surface area contributed by atoms with Crippen LogP contribution in [0, 0.1) is 0 Å². The molecule has 0 aliphatic heterocycles. The molecule has 6 nitrogen and oxygen atoms in total. The van der Waals surface area contributed by atoms with Crippen LogP contribution < -0.4 is 0 Å². The minimum atomic E-state index is -1.06. The average Bonchev–Trinajstić information content (AvgIpc) is 2.80.